The molecule has 0 radical (unpaired) electrons. The maximum absolute atomic E-state index is 12.8. The number of nitrogens with one attached hydrogen (secondary N) is 1. The van der Waals surface area contributed by atoms with E-state index in [0.29, 0.717) is 12.3 Å². The van der Waals surface area contributed by atoms with E-state index in [9.17, 15) is 4.79 Å². The number of fused-ring (bicyclic) bond motifs is 1. The number of ether oxygens (including phenoxy) is 1. The first-order chi connectivity index (χ1) is 13.2. The average molecular weight is 399 g/mol. The van der Waals surface area contributed by atoms with Crippen molar-refractivity contribution in [3.05, 3.63) is 68.0 Å². The molecule has 0 unspecified atom stereocenters. The Hall–Kier alpha value is -2.15. The second-order valence-corrected chi connectivity index (χ2v) is 8.67. The third kappa shape index (κ3) is 3.78. The Morgan fingerprint density at radius 3 is 2.93 bits per heavy atom. The molecule has 0 fully saturated rings. The molecule has 0 saturated heterocycles. The molecule has 1 atom stereocenters. The largest absolute Gasteiger partial charge is 0.495 e. The van der Waals surface area contributed by atoms with Gasteiger partial charge in [-0.1, -0.05) is 12.1 Å². The fourth-order valence-corrected chi connectivity index (χ4v) is 5.39. The zero-order valence-corrected chi connectivity index (χ0v) is 17.0. The molecule has 4 nitrogen and oxygen atoms in total. The zero-order valence-electron chi connectivity index (χ0n) is 15.4. The van der Waals surface area contributed by atoms with Crippen LogP contribution in [0.15, 0.2) is 47.2 Å². The number of hydrogen-bond acceptors (Lipinski definition) is 5. The summed E-state index contributed by atoms with van der Waals surface area (Å²) in [7, 11) is 1.62. The predicted molar refractivity (Wildman–Crippen MR) is 112 cm³/mol. The van der Waals surface area contributed by atoms with Gasteiger partial charge < -0.3 is 10.1 Å². The van der Waals surface area contributed by atoms with Crippen molar-refractivity contribution >= 4 is 34.3 Å². The zero-order chi connectivity index (χ0) is 18.8. The molecular weight excluding hydrogens is 376 g/mol. The third-order valence-electron chi connectivity index (χ3n) is 4.85. The highest BCUT2D eigenvalue weighted by Gasteiger charge is 2.31. The van der Waals surface area contributed by atoms with E-state index in [1.165, 1.54) is 15.3 Å². The molecule has 3 heterocycles. The van der Waals surface area contributed by atoms with Gasteiger partial charge >= 0.3 is 0 Å². The number of carbonyl (C=O) groups excluding carboxylic acids is 1. The van der Waals surface area contributed by atoms with E-state index in [2.05, 4.69) is 39.2 Å². The monoisotopic (exact) mass is 398 g/mol. The first kappa shape index (κ1) is 18.2. The fourth-order valence-electron chi connectivity index (χ4n) is 3.61. The Kier molecular flexibility index (Phi) is 5.29. The smallest absolute Gasteiger partial charge is 0.238 e. The average Bonchev–Trinajstić information content (AvgIpc) is 3.33. The van der Waals surface area contributed by atoms with Crippen molar-refractivity contribution < 1.29 is 9.53 Å². The molecule has 1 aromatic carbocycles. The summed E-state index contributed by atoms with van der Waals surface area (Å²) in [5, 5.41) is 7.30. The Labute approximate surface area is 167 Å². The van der Waals surface area contributed by atoms with E-state index in [1.54, 1.807) is 18.4 Å². The summed E-state index contributed by atoms with van der Waals surface area (Å²) in [5.74, 6) is 0.668. The quantitative estimate of drug-likeness (QED) is 0.677. The number of aryl methyl sites for hydroxylation is 1. The maximum Gasteiger partial charge on any atom is 0.238 e. The Morgan fingerprint density at radius 2 is 2.15 bits per heavy atom. The lowest BCUT2D eigenvalue weighted by atomic mass is 9.98. The predicted octanol–water partition coefficient (Wildman–Crippen LogP) is 4.71. The lowest BCUT2D eigenvalue weighted by molar-refractivity contribution is -0.117. The summed E-state index contributed by atoms with van der Waals surface area (Å²) >= 11 is 3.57. The van der Waals surface area contributed by atoms with Crippen molar-refractivity contribution in [1.29, 1.82) is 0 Å². The van der Waals surface area contributed by atoms with Crippen LogP contribution in [0.2, 0.25) is 0 Å². The van der Waals surface area contributed by atoms with Crippen LogP contribution in [-0.2, 0) is 11.2 Å². The van der Waals surface area contributed by atoms with Gasteiger partial charge in [-0.15, -0.1) is 22.7 Å². The summed E-state index contributed by atoms with van der Waals surface area (Å²) < 4.78 is 5.38. The molecule has 0 bridgehead atoms. The molecule has 3 aromatic rings. The fraction of sp³-hybridized carbons (Fsp3) is 0.286. The molecule has 1 aliphatic heterocycles. The molecule has 0 aliphatic carbocycles. The topological polar surface area (TPSA) is 41.6 Å². The summed E-state index contributed by atoms with van der Waals surface area (Å²) in [6.07, 6.45) is 0.996. The van der Waals surface area contributed by atoms with Gasteiger partial charge in [0.2, 0.25) is 5.91 Å². The molecule has 4 rings (SSSR count). The van der Waals surface area contributed by atoms with Crippen molar-refractivity contribution in [2.75, 3.05) is 25.5 Å². The summed E-state index contributed by atoms with van der Waals surface area (Å²) in [5.41, 5.74) is 3.15. The van der Waals surface area contributed by atoms with E-state index < -0.39 is 0 Å². The summed E-state index contributed by atoms with van der Waals surface area (Å²) in [6.45, 7) is 3.24. The number of methoxy groups -OCH3 is 1. The number of amides is 1. The molecule has 27 heavy (non-hydrogen) atoms. The van der Waals surface area contributed by atoms with Gasteiger partial charge in [-0.25, -0.2) is 0 Å². The minimum atomic E-state index is -0.0147. The van der Waals surface area contributed by atoms with Gasteiger partial charge in [0.15, 0.2) is 0 Å². The maximum atomic E-state index is 12.8. The van der Waals surface area contributed by atoms with Crippen LogP contribution in [0, 0.1) is 6.92 Å². The minimum absolute atomic E-state index is 0.0147. The van der Waals surface area contributed by atoms with Crippen LogP contribution in [0.4, 0.5) is 5.69 Å². The number of rotatable bonds is 5. The normalized spacial score (nSPS) is 16.7. The van der Waals surface area contributed by atoms with E-state index >= 15 is 0 Å². The van der Waals surface area contributed by atoms with Crippen LogP contribution in [0.5, 0.6) is 5.75 Å². The highest BCUT2D eigenvalue weighted by atomic mass is 32.1. The SMILES string of the molecule is COc1ccc(C)cc1NC(=O)CN1CCc2sccc2[C@@H]1c1cccs1. The first-order valence-electron chi connectivity index (χ1n) is 8.94. The highest BCUT2D eigenvalue weighted by Crippen LogP contribution is 2.39. The lowest BCUT2D eigenvalue weighted by Crippen LogP contribution is -2.40. The molecule has 2 aromatic heterocycles. The van der Waals surface area contributed by atoms with Gasteiger partial charge in [-0.2, -0.15) is 0 Å². The van der Waals surface area contributed by atoms with E-state index in [-0.39, 0.29) is 11.9 Å². The van der Waals surface area contributed by atoms with Crippen molar-refractivity contribution in [2.24, 2.45) is 0 Å². The van der Waals surface area contributed by atoms with Crippen LogP contribution < -0.4 is 10.1 Å². The second-order valence-electron chi connectivity index (χ2n) is 6.69. The second kappa shape index (κ2) is 7.84. The molecule has 0 spiro atoms. The summed E-state index contributed by atoms with van der Waals surface area (Å²) in [4.78, 5) is 17.8. The van der Waals surface area contributed by atoms with Gasteiger partial charge in [0.25, 0.3) is 0 Å². The van der Waals surface area contributed by atoms with E-state index in [1.807, 2.05) is 36.5 Å². The molecule has 6 heteroatoms. The van der Waals surface area contributed by atoms with Gasteiger partial charge in [-0.05, 0) is 59.5 Å². The Bertz CT molecular complexity index is 934. The number of thiophene rings is 2. The Morgan fingerprint density at radius 1 is 1.26 bits per heavy atom. The van der Waals surface area contributed by atoms with Gasteiger partial charge in [0, 0.05) is 16.3 Å². The standard InChI is InChI=1S/C21H22N2O2S2/c1-14-5-6-17(25-2)16(12-14)22-20(24)13-23-9-7-18-15(8-11-27-18)21(23)19-4-3-10-26-19/h3-6,8,10-12,21H,7,9,13H2,1-2H3,(H,22,24)/t21-/m1/s1. The van der Waals surface area contributed by atoms with Gasteiger partial charge in [0.05, 0.1) is 25.4 Å². The molecular formula is C21H22N2O2S2. The van der Waals surface area contributed by atoms with Crippen molar-refractivity contribution in [2.45, 2.75) is 19.4 Å². The van der Waals surface area contributed by atoms with Gasteiger partial charge in [-0.3, -0.25) is 9.69 Å². The van der Waals surface area contributed by atoms with Crippen LogP contribution >= 0.6 is 22.7 Å². The van der Waals surface area contributed by atoms with Crippen molar-refractivity contribution in [1.82, 2.24) is 4.90 Å². The lowest BCUT2D eigenvalue weighted by Gasteiger charge is -2.34. The number of anilines is 1. The molecule has 1 N–H and O–H groups in total. The number of hydrogen-bond donors (Lipinski definition) is 1. The van der Waals surface area contributed by atoms with Crippen LogP contribution in [0.3, 0.4) is 0 Å². The molecule has 0 saturated carbocycles. The first-order valence-corrected chi connectivity index (χ1v) is 10.7. The van der Waals surface area contributed by atoms with Gasteiger partial charge in [0.1, 0.15) is 5.75 Å². The van der Waals surface area contributed by atoms with Crippen LogP contribution in [-0.4, -0.2) is 31.0 Å². The van der Waals surface area contributed by atoms with Crippen LogP contribution in [0.1, 0.15) is 26.9 Å². The number of benzene rings is 1. The highest BCUT2D eigenvalue weighted by molar-refractivity contribution is 7.10. The number of nitrogens with zero attached hydrogens (tertiary/aromatic N) is 1. The third-order valence-corrected chi connectivity index (χ3v) is 6.78. The minimum Gasteiger partial charge on any atom is -0.495 e. The molecule has 1 aliphatic rings. The molecule has 1 amide bonds. The summed E-state index contributed by atoms with van der Waals surface area (Å²) in [6, 6.07) is 12.4. The van der Waals surface area contributed by atoms with E-state index in [4.69, 9.17) is 4.74 Å². The molecule has 140 valence electrons. The van der Waals surface area contributed by atoms with Crippen molar-refractivity contribution in [3.63, 3.8) is 0 Å². The van der Waals surface area contributed by atoms with E-state index in [0.717, 1.165) is 24.2 Å². The van der Waals surface area contributed by atoms with Crippen molar-refractivity contribution in [3.8, 4) is 5.75 Å². The number of carbonyl (C=O) groups is 1. The van der Waals surface area contributed by atoms with Crippen LogP contribution in [0.25, 0.3) is 0 Å². The Balaban J connectivity index is 1.55.